The highest BCUT2D eigenvalue weighted by molar-refractivity contribution is 9.11. The van der Waals surface area contributed by atoms with Gasteiger partial charge in [-0.1, -0.05) is 0 Å². The molecular formula is C9H9Br2N3O. The first-order valence-corrected chi connectivity index (χ1v) is 6.03. The van der Waals surface area contributed by atoms with Crippen LogP contribution in [0.4, 0.5) is 5.69 Å². The molecule has 15 heavy (non-hydrogen) atoms. The zero-order valence-electron chi connectivity index (χ0n) is 7.78. The number of rotatable bonds is 1. The number of hydrogen-bond donors (Lipinski definition) is 1. The number of pyridine rings is 1. The second kappa shape index (κ2) is 4.19. The predicted molar refractivity (Wildman–Crippen MR) is 64.6 cm³/mol. The van der Waals surface area contributed by atoms with Gasteiger partial charge in [0.15, 0.2) is 0 Å². The van der Waals surface area contributed by atoms with Gasteiger partial charge in [0.2, 0.25) is 5.91 Å². The minimum Gasteiger partial charge on any atom is -0.326 e. The average molecular weight is 335 g/mol. The molecule has 0 saturated carbocycles. The maximum Gasteiger partial charge on any atom is 0.228 e. The lowest BCUT2D eigenvalue weighted by Crippen LogP contribution is -2.28. The van der Waals surface area contributed by atoms with E-state index in [-0.39, 0.29) is 11.9 Å². The van der Waals surface area contributed by atoms with Crippen LogP contribution in [0.3, 0.4) is 0 Å². The summed E-state index contributed by atoms with van der Waals surface area (Å²) in [5.74, 6) is 0.0445. The Bertz CT molecular complexity index is 410. The van der Waals surface area contributed by atoms with Crippen molar-refractivity contribution in [2.24, 2.45) is 5.73 Å². The van der Waals surface area contributed by atoms with Gasteiger partial charge in [-0.15, -0.1) is 0 Å². The second-order valence-corrected chi connectivity index (χ2v) is 5.10. The second-order valence-electron chi connectivity index (χ2n) is 3.43. The first-order valence-electron chi connectivity index (χ1n) is 4.45. The molecule has 1 amide bonds. The lowest BCUT2D eigenvalue weighted by molar-refractivity contribution is -0.117. The summed E-state index contributed by atoms with van der Waals surface area (Å²) in [6.45, 7) is 0.551. The third-order valence-electron chi connectivity index (χ3n) is 2.23. The van der Waals surface area contributed by atoms with Crippen molar-refractivity contribution in [3.63, 3.8) is 0 Å². The van der Waals surface area contributed by atoms with Crippen molar-refractivity contribution in [2.75, 3.05) is 11.4 Å². The van der Waals surface area contributed by atoms with Gasteiger partial charge < -0.3 is 10.6 Å². The minimum absolute atomic E-state index is 0.0445. The van der Waals surface area contributed by atoms with E-state index in [1.807, 2.05) is 6.07 Å². The highest BCUT2D eigenvalue weighted by atomic mass is 79.9. The van der Waals surface area contributed by atoms with E-state index in [4.69, 9.17) is 5.73 Å². The summed E-state index contributed by atoms with van der Waals surface area (Å²) in [7, 11) is 0. The van der Waals surface area contributed by atoms with Crippen LogP contribution in [-0.4, -0.2) is 23.5 Å². The number of aromatic nitrogens is 1. The van der Waals surface area contributed by atoms with Gasteiger partial charge in [0.1, 0.15) is 4.60 Å². The monoisotopic (exact) mass is 333 g/mol. The molecule has 1 fully saturated rings. The molecule has 1 aromatic heterocycles. The maximum absolute atomic E-state index is 11.6. The molecule has 1 aromatic rings. The van der Waals surface area contributed by atoms with Crippen LogP contribution in [-0.2, 0) is 4.79 Å². The molecule has 2 heterocycles. The van der Waals surface area contributed by atoms with E-state index in [0.29, 0.717) is 17.6 Å². The Balaban J connectivity index is 2.37. The average Bonchev–Trinajstić information content (AvgIpc) is 2.50. The summed E-state index contributed by atoms with van der Waals surface area (Å²) in [6, 6.07) is 1.77. The van der Waals surface area contributed by atoms with Crippen molar-refractivity contribution in [1.82, 2.24) is 4.98 Å². The van der Waals surface area contributed by atoms with Gasteiger partial charge in [0.25, 0.3) is 0 Å². The van der Waals surface area contributed by atoms with Crippen molar-refractivity contribution in [3.05, 3.63) is 21.3 Å². The van der Waals surface area contributed by atoms with Crippen molar-refractivity contribution in [1.29, 1.82) is 0 Å². The molecule has 0 aromatic carbocycles. The number of anilines is 1. The van der Waals surface area contributed by atoms with Crippen LogP contribution in [0.25, 0.3) is 0 Å². The number of nitrogens with zero attached hydrogens (tertiary/aromatic N) is 2. The van der Waals surface area contributed by atoms with Gasteiger partial charge in [-0.3, -0.25) is 4.79 Å². The molecule has 1 aliphatic heterocycles. The largest absolute Gasteiger partial charge is 0.326 e. The first kappa shape index (κ1) is 11.0. The van der Waals surface area contributed by atoms with Crippen LogP contribution in [0.2, 0.25) is 0 Å². The van der Waals surface area contributed by atoms with Crippen LogP contribution in [0.15, 0.2) is 21.3 Å². The van der Waals surface area contributed by atoms with Gasteiger partial charge >= 0.3 is 0 Å². The summed E-state index contributed by atoms with van der Waals surface area (Å²) in [4.78, 5) is 17.4. The van der Waals surface area contributed by atoms with Gasteiger partial charge in [-0.05, 0) is 37.9 Å². The standard InChI is InChI=1S/C9H9Br2N3O/c10-5-1-7(9(11)13-3-5)14-4-6(12)2-8(14)15/h1,3,6H,2,4,12H2. The van der Waals surface area contributed by atoms with E-state index in [1.54, 1.807) is 11.1 Å². The number of nitrogens with two attached hydrogens (primary N) is 1. The van der Waals surface area contributed by atoms with Crippen molar-refractivity contribution in [2.45, 2.75) is 12.5 Å². The molecule has 1 atom stereocenters. The zero-order valence-corrected chi connectivity index (χ0v) is 11.0. The number of carbonyl (C=O) groups excluding carboxylic acids is 1. The molecule has 1 saturated heterocycles. The lowest BCUT2D eigenvalue weighted by atomic mass is 10.3. The summed E-state index contributed by atoms with van der Waals surface area (Å²) in [5.41, 5.74) is 6.50. The Kier molecular flexibility index (Phi) is 3.08. The van der Waals surface area contributed by atoms with E-state index < -0.39 is 0 Å². The molecule has 2 N–H and O–H groups in total. The smallest absolute Gasteiger partial charge is 0.228 e. The molecule has 0 bridgehead atoms. The van der Waals surface area contributed by atoms with Crippen molar-refractivity contribution >= 4 is 43.5 Å². The van der Waals surface area contributed by atoms with Crippen molar-refractivity contribution in [3.8, 4) is 0 Å². The van der Waals surface area contributed by atoms with E-state index >= 15 is 0 Å². The number of carbonyl (C=O) groups is 1. The van der Waals surface area contributed by atoms with E-state index in [2.05, 4.69) is 36.8 Å². The summed E-state index contributed by atoms with van der Waals surface area (Å²) < 4.78 is 1.50. The Labute approximate surface area is 104 Å². The van der Waals surface area contributed by atoms with Crippen LogP contribution in [0.1, 0.15) is 6.42 Å². The quantitative estimate of drug-likeness (QED) is 0.795. The predicted octanol–water partition coefficient (Wildman–Crippen LogP) is 1.67. The number of amides is 1. The topological polar surface area (TPSA) is 59.2 Å². The van der Waals surface area contributed by atoms with Crippen molar-refractivity contribution < 1.29 is 4.79 Å². The number of hydrogen-bond acceptors (Lipinski definition) is 3. The van der Waals surface area contributed by atoms with Gasteiger partial charge in [0, 0.05) is 29.7 Å². The SMILES string of the molecule is NC1CC(=O)N(c2cc(Br)cnc2Br)C1. The zero-order chi connectivity index (χ0) is 11.0. The Morgan fingerprint density at radius 2 is 2.27 bits per heavy atom. The molecule has 6 heteroatoms. The molecule has 0 radical (unpaired) electrons. The van der Waals surface area contributed by atoms with Gasteiger partial charge in [-0.2, -0.15) is 0 Å². The molecule has 4 nitrogen and oxygen atoms in total. The van der Waals surface area contributed by atoms with Gasteiger partial charge in [-0.25, -0.2) is 4.98 Å². The molecule has 1 unspecified atom stereocenters. The first-order chi connectivity index (χ1) is 7.08. The molecular weight excluding hydrogens is 326 g/mol. The minimum atomic E-state index is -0.0802. The Morgan fingerprint density at radius 3 is 2.87 bits per heavy atom. The maximum atomic E-state index is 11.6. The third kappa shape index (κ3) is 2.21. The van der Waals surface area contributed by atoms with E-state index in [1.165, 1.54) is 0 Å². The Hall–Kier alpha value is -0.460. The summed E-state index contributed by atoms with van der Waals surface area (Å²) in [6.07, 6.45) is 2.08. The van der Waals surface area contributed by atoms with E-state index in [0.717, 1.165) is 10.2 Å². The highest BCUT2D eigenvalue weighted by Crippen LogP contribution is 2.30. The number of halogens is 2. The fraction of sp³-hybridized carbons (Fsp3) is 0.333. The van der Waals surface area contributed by atoms with Gasteiger partial charge in [0.05, 0.1) is 5.69 Å². The molecule has 0 spiro atoms. The summed E-state index contributed by atoms with van der Waals surface area (Å²) in [5, 5.41) is 0. The van der Waals surface area contributed by atoms with Crippen LogP contribution in [0, 0.1) is 0 Å². The fourth-order valence-corrected chi connectivity index (χ4v) is 2.32. The molecule has 0 aliphatic carbocycles. The normalized spacial score (nSPS) is 21.1. The Morgan fingerprint density at radius 1 is 1.53 bits per heavy atom. The fourth-order valence-electron chi connectivity index (χ4n) is 1.57. The molecule has 2 rings (SSSR count). The lowest BCUT2D eigenvalue weighted by Gasteiger charge is -2.17. The van der Waals surface area contributed by atoms with Crippen LogP contribution >= 0.6 is 31.9 Å². The van der Waals surface area contributed by atoms with Crippen LogP contribution < -0.4 is 10.6 Å². The van der Waals surface area contributed by atoms with Crippen LogP contribution in [0.5, 0.6) is 0 Å². The third-order valence-corrected chi connectivity index (χ3v) is 3.28. The molecule has 1 aliphatic rings. The molecule has 80 valence electrons. The highest BCUT2D eigenvalue weighted by Gasteiger charge is 2.29. The summed E-state index contributed by atoms with van der Waals surface area (Å²) >= 11 is 6.65. The van der Waals surface area contributed by atoms with E-state index in [9.17, 15) is 4.79 Å².